The summed E-state index contributed by atoms with van der Waals surface area (Å²) in [4.78, 5) is 39.8. The van der Waals surface area contributed by atoms with Crippen LogP contribution in [0.1, 0.15) is 42.5 Å². The first kappa shape index (κ1) is 16.5. The van der Waals surface area contributed by atoms with Crippen molar-refractivity contribution in [2.75, 3.05) is 20.1 Å². The standard InChI is InChI=1S/C16H22N4O4/c1-16(2,3)24-15(23)19-6-5-12-11(9-19)13-14(22)18(4)7-10(21)8-20(13)17-12/h5-9H2,1-4H3. The number of rotatable bonds is 0. The topological polar surface area (TPSA) is 84.7 Å². The van der Waals surface area contributed by atoms with Crippen molar-refractivity contribution in [3.05, 3.63) is 17.0 Å². The fraction of sp³-hybridized carbons (Fsp3) is 0.625. The first-order valence-electron chi connectivity index (χ1n) is 7.99. The molecule has 1 aromatic rings. The molecule has 0 atom stereocenters. The van der Waals surface area contributed by atoms with E-state index >= 15 is 0 Å². The molecule has 2 amide bonds. The van der Waals surface area contributed by atoms with Crippen molar-refractivity contribution in [3.8, 4) is 0 Å². The molecule has 0 saturated carbocycles. The Morgan fingerprint density at radius 2 is 1.88 bits per heavy atom. The Bertz CT molecular complexity index is 716. The zero-order chi connectivity index (χ0) is 17.6. The van der Waals surface area contributed by atoms with Crippen LogP contribution in [0.4, 0.5) is 4.79 Å². The third-order valence-electron chi connectivity index (χ3n) is 4.04. The molecule has 0 N–H and O–H groups in total. The van der Waals surface area contributed by atoms with Crippen LogP contribution in [0.2, 0.25) is 0 Å². The number of nitrogens with zero attached hydrogens (tertiary/aromatic N) is 4. The van der Waals surface area contributed by atoms with Crippen LogP contribution in [-0.4, -0.2) is 63.1 Å². The van der Waals surface area contributed by atoms with E-state index in [2.05, 4.69) is 5.10 Å². The number of hydrogen-bond acceptors (Lipinski definition) is 5. The molecule has 3 heterocycles. The maximum atomic E-state index is 12.6. The van der Waals surface area contributed by atoms with Crippen LogP contribution < -0.4 is 0 Å². The van der Waals surface area contributed by atoms with Gasteiger partial charge in [0.1, 0.15) is 17.8 Å². The first-order valence-corrected chi connectivity index (χ1v) is 7.99. The molecule has 0 spiro atoms. The van der Waals surface area contributed by atoms with Gasteiger partial charge in [0.15, 0.2) is 5.78 Å². The number of ether oxygens (including phenoxy) is 1. The third kappa shape index (κ3) is 3.00. The minimum Gasteiger partial charge on any atom is -0.444 e. The van der Waals surface area contributed by atoms with Crippen molar-refractivity contribution in [2.24, 2.45) is 0 Å². The van der Waals surface area contributed by atoms with Crippen molar-refractivity contribution in [1.82, 2.24) is 19.6 Å². The van der Waals surface area contributed by atoms with Crippen LogP contribution in [0.25, 0.3) is 0 Å². The summed E-state index contributed by atoms with van der Waals surface area (Å²) in [7, 11) is 1.60. The molecule has 8 heteroatoms. The number of hydrogen-bond donors (Lipinski definition) is 0. The smallest absolute Gasteiger partial charge is 0.410 e. The molecule has 0 unspecified atom stereocenters. The van der Waals surface area contributed by atoms with Crippen molar-refractivity contribution in [1.29, 1.82) is 0 Å². The second-order valence-electron chi connectivity index (χ2n) is 7.28. The highest BCUT2D eigenvalue weighted by Gasteiger charge is 2.35. The predicted molar refractivity (Wildman–Crippen MR) is 84.5 cm³/mol. The average Bonchev–Trinajstić information content (AvgIpc) is 2.75. The molecule has 3 rings (SSSR count). The van der Waals surface area contributed by atoms with Gasteiger partial charge in [0.2, 0.25) is 0 Å². The molecule has 1 aromatic heterocycles. The van der Waals surface area contributed by atoms with E-state index in [1.807, 2.05) is 20.8 Å². The molecule has 2 aliphatic rings. The van der Waals surface area contributed by atoms with Gasteiger partial charge in [0, 0.05) is 25.6 Å². The fourth-order valence-corrected chi connectivity index (χ4v) is 3.00. The molecule has 2 aliphatic heterocycles. The number of fused-ring (bicyclic) bond motifs is 3. The summed E-state index contributed by atoms with van der Waals surface area (Å²) in [5, 5.41) is 4.42. The van der Waals surface area contributed by atoms with E-state index in [0.717, 1.165) is 11.3 Å². The zero-order valence-corrected chi connectivity index (χ0v) is 14.5. The molecular formula is C16H22N4O4. The SMILES string of the molecule is CN1CC(=O)Cn2nc3c(c2C1=O)CN(C(=O)OC(C)(C)C)CC3. The molecular weight excluding hydrogens is 312 g/mol. The molecule has 0 radical (unpaired) electrons. The van der Waals surface area contributed by atoms with Gasteiger partial charge < -0.3 is 14.5 Å². The Balaban J connectivity index is 1.91. The Morgan fingerprint density at radius 1 is 1.17 bits per heavy atom. The number of carbonyl (C=O) groups is 3. The highest BCUT2D eigenvalue weighted by atomic mass is 16.6. The normalized spacial score (nSPS) is 18.2. The van der Waals surface area contributed by atoms with Gasteiger partial charge in [-0.2, -0.15) is 5.10 Å². The lowest BCUT2D eigenvalue weighted by molar-refractivity contribution is -0.119. The van der Waals surface area contributed by atoms with Crippen molar-refractivity contribution < 1.29 is 19.1 Å². The molecule has 24 heavy (non-hydrogen) atoms. The molecule has 0 saturated heterocycles. The Labute approximate surface area is 140 Å². The van der Waals surface area contributed by atoms with E-state index in [-0.39, 0.29) is 31.3 Å². The van der Waals surface area contributed by atoms with Gasteiger partial charge in [0.05, 0.1) is 18.8 Å². The van der Waals surface area contributed by atoms with Crippen molar-refractivity contribution in [2.45, 2.75) is 45.9 Å². The second-order valence-corrected chi connectivity index (χ2v) is 7.28. The minimum atomic E-state index is -0.574. The lowest BCUT2D eigenvalue weighted by Gasteiger charge is -2.30. The average molecular weight is 334 g/mol. The molecule has 0 aliphatic carbocycles. The van der Waals surface area contributed by atoms with Gasteiger partial charge in [-0.1, -0.05) is 0 Å². The maximum Gasteiger partial charge on any atom is 0.410 e. The molecule has 8 nitrogen and oxygen atoms in total. The summed E-state index contributed by atoms with van der Waals surface area (Å²) in [6.45, 7) is 6.37. The number of aromatic nitrogens is 2. The van der Waals surface area contributed by atoms with Gasteiger partial charge in [0.25, 0.3) is 5.91 Å². The maximum absolute atomic E-state index is 12.6. The van der Waals surface area contributed by atoms with Gasteiger partial charge in [-0.15, -0.1) is 0 Å². The lowest BCUT2D eigenvalue weighted by Crippen LogP contribution is -2.40. The van der Waals surface area contributed by atoms with E-state index in [1.165, 1.54) is 9.58 Å². The number of carbonyl (C=O) groups excluding carboxylic acids is 3. The van der Waals surface area contributed by atoms with Crippen LogP contribution in [-0.2, 0) is 29.0 Å². The second kappa shape index (κ2) is 5.61. The van der Waals surface area contributed by atoms with E-state index in [0.29, 0.717) is 18.7 Å². The summed E-state index contributed by atoms with van der Waals surface area (Å²) in [5.41, 5.74) is 1.34. The number of amides is 2. The van der Waals surface area contributed by atoms with E-state index in [4.69, 9.17) is 4.74 Å². The third-order valence-corrected chi connectivity index (χ3v) is 4.04. The Morgan fingerprint density at radius 3 is 2.54 bits per heavy atom. The van der Waals surface area contributed by atoms with Crippen LogP contribution in [0.5, 0.6) is 0 Å². The quantitative estimate of drug-likeness (QED) is 0.702. The van der Waals surface area contributed by atoms with Crippen LogP contribution in [0, 0.1) is 0 Å². The first-order chi connectivity index (χ1) is 11.2. The number of likely N-dealkylation sites (N-methyl/N-ethyl adjacent to an activating group) is 1. The lowest BCUT2D eigenvalue weighted by atomic mass is 10.1. The van der Waals surface area contributed by atoms with Gasteiger partial charge in [-0.05, 0) is 20.8 Å². The van der Waals surface area contributed by atoms with Gasteiger partial charge in [-0.3, -0.25) is 14.3 Å². The summed E-state index contributed by atoms with van der Waals surface area (Å²) < 4.78 is 6.90. The van der Waals surface area contributed by atoms with Gasteiger partial charge >= 0.3 is 6.09 Å². The predicted octanol–water partition coefficient (Wildman–Crippen LogP) is 0.831. The van der Waals surface area contributed by atoms with E-state index in [9.17, 15) is 14.4 Å². The van der Waals surface area contributed by atoms with Gasteiger partial charge in [-0.25, -0.2) is 4.79 Å². The molecule has 0 fully saturated rings. The fourth-order valence-electron chi connectivity index (χ4n) is 3.00. The summed E-state index contributed by atoms with van der Waals surface area (Å²) in [5.74, 6) is -0.297. The molecule has 0 aromatic carbocycles. The number of Topliss-reactive ketones (excluding diaryl/α,β-unsaturated/α-hetero) is 1. The van der Waals surface area contributed by atoms with E-state index in [1.54, 1.807) is 11.9 Å². The van der Waals surface area contributed by atoms with Crippen LogP contribution in [0.3, 0.4) is 0 Å². The molecule has 0 bridgehead atoms. The monoisotopic (exact) mass is 334 g/mol. The minimum absolute atomic E-state index is 0.0616. The zero-order valence-electron chi connectivity index (χ0n) is 14.5. The van der Waals surface area contributed by atoms with Crippen molar-refractivity contribution >= 4 is 17.8 Å². The highest BCUT2D eigenvalue weighted by molar-refractivity contribution is 5.98. The number of ketones is 1. The Kier molecular flexibility index (Phi) is 3.85. The van der Waals surface area contributed by atoms with Crippen LogP contribution >= 0.6 is 0 Å². The highest BCUT2D eigenvalue weighted by Crippen LogP contribution is 2.26. The van der Waals surface area contributed by atoms with E-state index < -0.39 is 11.7 Å². The van der Waals surface area contributed by atoms with Crippen LogP contribution in [0.15, 0.2) is 0 Å². The van der Waals surface area contributed by atoms with Crippen molar-refractivity contribution in [3.63, 3.8) is 0 Å². The summed E-state index contributed by atoms with van der Waals surface area (Å²) in [6, 6.07) is 0. The summed E-state index contributed by atoms with van der Waals surface area (Å²) in [6.07, 6.45) is 0.137. The molecule has 130 valence electrons. The Hall–Kier alpha value is -2.38. The summed E-state index contributed by atoms with van der Waals surface area (Å²) >= 11 is 0. The largest absolute Gasteiger partial charge is 0.444 e.